The number of nitrogens with zero attached hydrogens (tertiary/aromatic N) is 2. The van der Waals surface area contributed by atoms with Crippen molar-refractivity contribution in [1.82, 2.24) is 15.1 Å². The molecule has 34 heavy (non-hydrogen) atoms. The fourth-order valence-electron chi connectivity index (χ4n) is 3.58. The molecule has 4 amide bonds. The lowest BCUT2D eigenvalue weighted by Gasteiger charge is -2.23. The van der Waals surface area contributed by atoms with Gasteiger partial charge in [-0.3, -0.25) is 14.5 Å². The van der Waals surface area contributed by atoms with Gasteiger partial charge in [0.15, 0.2) is 11.5 Å². The zero-order valence-corrected chi connectivity index (χ0v) is 19.1. The Kier molecular flexibility index (Phi) is 7.23. The number of urea groups is 1. The molecule has 1 saturated heterocycles. The molecule has 9 nitrogen and oxygen atoms in total. The van der Waals surface area contributed by atoms with Gasteiger partial charge in [0, 0.05) is 13.6 Å². The average Bonchev–Trinajstić information content (AvgIpc) is 3.03. The van der Waals surface area contributed by atoms with Crippen molar-refractivity contribution in [2.45, 2.75) is 25.6 Å². The first-order valence-corrected chi connectivity index (χ1v) is 10.2. The molecule has 11 heteroatoms. The normalized spacial score (nSPS) is 17.6. The van der Waals surface area contributed by atoms with Crippen molar-refractivity contribution in [3.63, 3.8) is 0 Å². The standard InChI is InChI=1S/C23H25F2N3O6/c1-23(15-6-8-16(32-3)9-7-15)20(30)28(22(31)26-23)13-19(29)27(2)12-14-5-10-17(34-21(24)25)18(11-14)33-4/h5-11,21H,12-13H2,1-4H3,(H,26,31). The van der Waals surface area contributed by atoms with Crippen LogP contribution < -0.4 is 19.5 Å². The lowest BCUT2D eigenvalue weighted by Crippen LogP contribution is -2.43. The van der Waals surface area contributed by atoms with E-state index in [-0.39, 0.29) is 18.0 Å². The molecule has 0 spiro atoms. The van der Waals surface area contributed by atoms with Crippen LogP contribution in [0.2, 0.25) is 0 Å². The SMILES string of the molecule is COc1ccc(C2(C)NC(=O)N(CC(=O)N(C)Cc3ccc(OC(F)F)c(OC)c3)C2=O)cc1. The van der Waals surface area contributed by atoms with Crippen LogP contribution in [0.5, 0.6) is 17.2 Å². The van der Waals surface area contributed by atoms with Crippen molar-refractivity contribution in [2.24, 2.45) is 0 Å². The van der Waals surface area contributed by atoms with Gasteiger partial charge in [0.1, 0.15) is 17.8 Å². The van der Waals surface area contributed by atoms with Crippen molar-refractivity contribution in [1.29, 1.82) is 0 Å². The number of halogens is 2. The number of hydrogen-bond acceptors (Lipinski definition) is 6. The van der Waals surface area contributed by atoms with Gasteiger partial charge < -0.3 is 24.4 Å². The van der Waals surface area contributed by atoms with E-state index in [9.17, 15) is 23.2 Å². The molecule has 1 aliphatic heterocycles. The van der Waals surface area contributed by atoms with Crippen LogP contribution in [-0.4, -0.2) is 62.1 Å². The number of ether oxygens (including phenoxy) is 3. The van der Waals surface area contributed by atoms with Gasteiger partial charge in [0.25, 0.3) is 5.91 Å². The molecule has 0 aromatic heterocycles. The number of methoxy groups -OCH3 is 2. The van der Waals surface area contributed by atoms with Crippen LogP contribution in [0.1, 0.15) is 18.1 Å². The smallest absolute Gasteiger partial charge is 0.387 e. The van der Waals surface area contributed by atoms with Crippen molar-refractivity contribution in [3.05, 3.63) is 53.6 Å². The first kappa shape index (κ1) is 24.7. The van der Waals surface area contributed by atoms with Gasteiger partial charge in [0.05, 0.1) is 14.2 Å². The van der Waals surface area contributed by atoms with Gasteiger partial charge in [-0.1, -0.05) is 18.2 Å². The number of rotatable bonds is 9. The fraction of sp³-hybridized carbons (Fsp3) is 0.348. The number of nitrogens with one attached hydrogen (secondary N) is 1. The van der Waals surface area contributed by atoms with Crippen LogP contribution in [0.25, 0.3) is 0 Å². The van der Waals surface area contributed by atoms with E-state index in [1.54, 1.807) is 31.2 Å². The Balaban J connectivity index is 1.69. The third kappa shape index (κ3) is 5.03. The highest BCUT2D eigenvalue weighted by molar-refractivity contribution is 6.09. The third-order valence-electron chi connectivity index (χ3n) is 5.53. The Morgan fingerprint density at radius 3 is 2.35 bits per heavy atom. The van der Waals surface area contributed by atoms with Gasteiger partial charge >= 0.3 is 12.6 Å². The Hall–Kier alpha value is -3.89. The molecule has 1 aliphatic rings. The predicted octanol–water partition coefficient (Wildman–Crippen LogP) is 2.73. The number of amides is 4. The van der Waals surface area contributed by atoms with E-state index < -0.39 is 36.5 Å². The zero-order chi connectivity index (χ0) is 25.0. The highest BCUT2D eigenvalue weighted by atomic mass is 19.3. The van der Waals surface area contributed by atoms with Crippen molar-refractivity contribution >= 4 is 17.8 Å². The van der Waals surface area contributed by atoms with Gasteiger partial charge in [-0.25, -0.2) is 4.79 Å². The first-order valence-electron chi connectivity index (χ1n) is 10.2. The maximum atomic E-state index is 13.1. The van der Waals surface area contributed by atoms with E-state index in [1.807, 2.05) is 0 Å². The molecule has 0 aliphatic carbocycles. The summed E-state index contributed by atoms with van der Waals surface area (Å²) < 4.78 is 39.6. The highest BCUT2D eigenvalue weighted by Crippen LogP contribution is 2.31. The molecule has 2 aromatic rings. The Labute approximate surface area is 195 Å². The summed E-state index contributed by atoms with van der Waals surface area (Å²) in [5.41, 5.74) is -0.196. The number of likely N-dealkylation sites (N-methyl/N-ethyl adjacent to an activating group) is 1. The molecular weight excluding hydrogens is 452 g/mol. The largest absolute Gasteiger partial charge is 0.497 e. The molecule has 0 saturated carbocycles. The third-order valence-corrected chi connectivity index (χ3v) is 5.53. The van der Waals surface area contributed by atoms with Crippen molar-refractivity contribution in [2.75, 3.05) is 27.8 Å². The maximum Gasteiger partial charge on any atom is 0.387 e. The van der Waals surface area contributed by atoms with E-state index in [2.05, 4.69) is 10.1 Å². The minimum Gasteiger partial charge on any atom is -0.497 e. The van der Waals surface area contributed by atoms with Crippen LogP contribution in [0.15, 0.2) is 42.5 Å². The minimum atomic E-state index is -3.00. The van der Waals surface area contributed by atoms with Gasteiger partial charge in [-0.05, 0) is 42.3 Å². The fourth-order valence-corrected chi connectivity index (χ4v) is 3.58. The van der Waals surface area contributed by atoms with Crippen molar-refractivity contribution < 1.29 is 37.4 Å². The molecule has 1 fully saturated rings. The second kappa shape index (κ2) is 9.94. The molecule has 182 valence electrons. The lowest BCUT2D eigenvalue weighted by atomic mass is 9.92. The van der Waals surface area contributed by atoms with E-state index in [0.29, 0.717) is 16.9 Å². The minimum absolute atomic E-state index is 0.0861. The topological polar surface area (TPSA) is 97.4 Å². The van der Waals surface area contributed by atoms with E-state index in [4.69, 9.17) is 9.47 Å². The number of hydrogen-bond donors (Lipinski definition) is 1. The summed E-state index contributed by atoms with van der Waals surface area (Å²) in [6.07, 6.45) is 0. The monoisotopic (exact) mass is 477 g/mol. The summed E-state index contributed by atoms with van der Waals surface area (Å²) in [6.45, 7) is -1.81. The van der Waals surface area contributed by atoms with Crippen LogP contribution in [0, 0.1) is 0 Å². The number of carbonyl (C=O) groups excluding carboxylic acids is 3. The molecule has 0 bridgehead atoms. The lowest BCUT2D eigenvalue weighted by molar-refractivity contribution is -0.138. The quantitative estimate of drug-likeness (QED) is 0.558. The summed E-state index contributed by atoms with van der Waals surface area (Å²) >= 11 is 0. The summed E-state index contributed by atoms with van der Waals surface area (Å²) in [5, 5.41) is 2.65. The number of carbonyl (C=O) groups is 3. The Morgan fingerprint density at radius 1 is 1.09 bits per heavy atom. The number of imide groups is 1. The molecular formula is C23H25F2N3O6. The van der Waals surface area contributed by atoms with Gasteiger partial charge in [-0.2, -0.15) is 8.78 Å². The summed E-state index contributed by atoms with van der Waals surface area (Å²) in [4.78, 5) is 40.5. The van der Waals surface area contributed by atoms with Crippen LogP contribution in [0.4, 0.5) is 13.6 Å². The summed E-state index contributed by atoms with van der Waals surface area (Å²) in [6, 6.07) is 10.3. The van der Waals surface area contributed by atoms with Crippen LogP contribution in [0.3, 0.4) is 0 Å². The zero-order valence-electron chi connectivity index (χ0n) is 19.1. The molecule has 1 heterocycles. The summed E-state index contributed by atoms with van der Waals surface area (Å²) in [7, 11) is 4.33. The highest BCUT2D eigenvalue weighted by Gasteiger charge is 2.49. The Morgan fingerprint density at radius 2 is 1.76 bits per heavy atom. The van der Waals surface area contributed by atoms with Crippen LogP contribution in [-0.2, 0) is 21.7 Å². The van der Waals surface area contributed by atoms with Gasteiger partial charge in [-0.15, -0.1) is 0 Å². The van der Waals surface area contributed by atoms with Gasteiger partial charge in [0.2, 0.25) is 5.91 Å². The summed E-state index contributed by atoms with van der Waals surface area (Å²) in [5.74, 6) is -0.493. The van der Waals surface area contributed by atoms with E-state index in [1.165, 1.54) is 44.4 Å². The first-order chi connectivity index (χ1) is 16.1. The van der Waals surface area contributed by atoms with Crippen molar-refractivity contribution in [3.8, 4) is 17.2 Å². The molecule has 1 atom stereocenters. The molecule has 3 rings (SSSR count). The average molecular weight is 477 g/mol. The molecule has 1 N–H and O–H groups in total. The molecule has 2 aromatic carbocycles. The molecule has 0 radical (unpaired) electrons. The number of alkyl halides is 2. The molecule has 1 unspecified atom stereocenters. The van der Waals surface area contributed by atoms with Crippen LogP contribution >= 0.6 is 0 Å². The second-order valence-corrected chi connectivity index (χ2v) is 7.79. The second-order valence-electron chi connectivity index (χ2n) is 7.79. The number of benzene rings is 2. The van der Waals surface area contributed by atoms with E-state index >= 15 is 0 Å². The van der Waals surface area contributed by atoms with E-state index in [0.717, 1.165) is 4.90 Å². The Bertz CT molecular complexity index is 1080. The maximum absolute atomic E-state index is 13.1. The predicted molar refractivity (Wildman–Crippen MR) is 117 cm³/mol.